The molecule has 0 N–H and O–H groups in total. The standard InChI is InChI=1S/C46H86O/c1-5-7-9-15-39-19-23-43(24-20-39)35-37(3)13-11-17-41-27-31-45(32-28-41)47-46-33-29-42(30-34-46)18-12-14-38(4)36-44-25-21-40(22-26-44)16-10-8-6-2/h37-46H,5-36H2,1-4H3. The Balaban J connectivity index is 0.952. The van der Waals surface area contributed by atoms with Crippen LogP contribution in [0.1, 0.15) is 233 Å². The average molecular weight is 655 g/mol. The van der Waals surface area contributed by atoms with Gasteiger partial charge in [-0.3, -0.25) is 0 Å². The molecule has 1 nitrogen and oxygen atoms in total. The highest BCUT2D eigenvalue weighted by atomic mass is 16.5. The monoisotopic (exact) mass is 655 g/mol. The predicted octanol–water partition coefficient (Wildman–Crippen LogP) is 15.3. The second kappa shape index (κ2) is 23.4. The highest BCUT2D eigenvalue weighted by Crippen LogP contribution is 2.39. The normalized spacial score (nSPS) is 33.4. The number of ether oxygens (including phenoxy) is 1. The van der Waals surface area contributed by atoms with E-state index in [4.69, 9.17) is 4.74 Å². The van der Waals surface area contributed by atoms with Gasteiger partial charge in [-0.2, -0.15) is 0 Å². The molecule has 0 aliphatic heterocycles. The molecule has 47 heavy (non-hydrogen) atoms. The zero-order chi connectivity index (χ0) is 33.1. The summed E-state index contributed by atoms with van der Waals surface area (Å²) < 4.78 is 6.75. The lowest BCUT2D eigenvalue weighted by Crippen LogP contribution is -2.29. The third kappa shape index (κ3) is 16.2. The topological polar surface area (TPSA) is 9.23 Å². The van der Waals surface area contributed by atoms with Gasteiger partial charge >= 0.3 is 0 Å². The van der Waals surface area contributed by atoms with E-state index >= 15 is 0 Å². The van der Waals surface area contributed by atoms with Crippen molar-refractivity contribution in [3.63, 3.8) is 0 Å². The van der Waals surface area contributed by atoms with Crippen LogP contribution in [0.4, 0.5) is 0 Å². The van der Waals surface area contributed by atoms with Crippen LogP contribution in [0.3, 0.4) is 0 Å². The van der Waals surface area contributed by atoms with Gasteiger partial charge in [-0.1, -0.05) is 169 Å². The summed E-state index contributed by atoms with van der Waals surface area (Å²) in [4.78, 5) is 0. The Hall–Kier alpha value is -0.0400. The van der Waals surface area contributed by atoms with Crippen LogP contribution in [-0.4, -0.2) is 12.2 Å². The summed E-state index contributed by atoms with van der Waals surface area (Å²) >= 11 is 0. The van der Waals surface area contributed by atoms with Crippen molar-refractivity contribution in [3.05, 3.63) is 0 Å². The molecule has 4 fully saturated rings. The minimum Gasteiger partial charge on any atom is -0.375 e. The number of rotatable bonds is 22. The largest absolute Gasteiger partial charge is 0.375 e. The molecule has 0 bridgehead atoms. The summed E-state index contributed by atoms with van der Waals surface area (Å²) in [6, 6.07) is 0. The van der Waals surface area contributed by atoms with E-state index in [1.54, 1.807) is 0 Å². The van der Waals surface area contributed by atoms with Crippen LogP contribution in [0, 0.1) is 47.3 Å². The third-order valence-electron chi connectivity index (χ3n) is 14.4. The van der Waals surface area contributed by atoms with Crippen LogP contribution >= 0.6 is 0 Å². The van der Waals surface area contributed by atoms with Crippen molar-refractivity contribution >= 4 is 0 Å². The maximum atomic E-state index is 6.75. The first-order valence-corrected chi connectivity index (χ1v) is 22.7. The van der Waals surface area contributed by atoms with Crippen molar-refractivity contribution in [2.24, 2.45) is 47.3 Å². The van der Waals surface area contributed by atoms with E-state index in [-0.39, 0.29) is 0 Å². The number of hydrogen-bond acceptors (Lipinski definition) is 1. The summed E-state index contributed by atoms with van der Waals surface area (Å²) in [5, 5.41) is 0. The van der Waals surface area contributed by atoms with E-state index in [9.17, 15) is 0 Å². The van der Waals surface area contributed by atoms with Gasteiger partial charge < -0.3 is 4.74 Å². The molecule has 4 rings (SSSR count). The molecule has 4 aliphatic carbocycles. The van der Waals surface area contributed by atoms with Crippen LogP contribution in [0.25, 0.3) is 0 Å². The molecule has 276 valence electrons. The summed E-state index contributed by atoms with van der Waals surface area (Å²) in [7, 11) is 0. The molecular weight excluding hydrogens is 569 g/mol. The molecule has 0 heterocycles. The molecule has 0 aromatic heterocycles. The Bertz CT molecular complexity index is 666. The minimum atomic E-state index is 0.580. The summed E-state index contributed by atoms with van der Waals surface area (Å²) in [6.07, 6.45) is 48.2. The summed E-state index contributed by atoms with van der Waals surface area (Å²) in [5.41, 5.74) is 0. The molecule has 4 saturated carbocycles. The van der Waals surface area contributed by atoms with E-state index in [0.717, 1.165) is 47.3 Å². The van der Waals surface area contributed by atoms with E-state index in [2.05, 4.69) is 27.7 Å². The highest BCUT2D eigenvalue weighted by Gasteiger charge is 2.28. The third-order valence-corrected chi connectivity index (χ3v) is 14.4. The quantitative estimate of drug-likeness (QED) is 0.106. The molecular formula is C46H86O. The van der Waals surface area contributed by atoms with Crippen molar-refractivity contribution in [1.82, 2.24) is 0 Å². The predicted molar refractivity (Wildman–Crippen MR) is 207 cm³/mol. The van der Waals surface area contributed by atoms with Crippen LogP contribution in [0.15, 0.2) is 0 Å². The molecule has 0 aromatic rings. The Kier molecular flexibility index (Phi) is 19.8. The van der Waals surface area contributed by atoms with Crippen molar-refractivity contribution in [2.75, 3.05) is 0 Å². The second-order valence-corrected chi connectivity index (χ2v) is 18.7. The van der Waals surface area contributed by atoms with Crippen molar-refractivity contribution in [1.29, 1.82) is 0 Å². The molecule has 0 amide bonds. The Labute approximate surface area is 296 Å². The van der Waals surface area contributed by atoms with E-state index in [0.29, 0.717) is 12.2 Å². The molecule has 0 saturated heterocycles. The first-order chi connectivity index (χ1) is 23.0. The van der Waals surface area contributed by atoms with Gasteiger partial charge in [0, 0.05) is 0 Å². The van der Waals surface area contributed by atoms with Crippen LogP contribution in [0.2, 0.25) is 0 Å². The fourth-order valence-electron chi connectivity index (χ4n) is 11.1. The molecule has 2 unspecified atom stereocenters. The van der Waals surface area contributed by atoms with Crippen molar-refractivity contribution in [3.8, 4) is 0 Å². The maximum Gasteiger partial charge on any atom is 0.0579 e. The van der Waals surface area contributed by atoms with Crippen LogP contribution in [0.5, 0.6) is 0 Å². The van der Waals surface area contributed by atoms with E-state index in [1.807, 2.05) is 0 Å². The molecule has 0 spiro atoms. The molecule has 0 aromatic carbocycles. The van der Waals surface area contributed by atoms with Crippen LogP contribution < -0.4 is 0 Å². The van der Waals surface area contributed by atoms with Gasteiger partial charge in [0.1, 0.15) is 0 Å². The SMILES string of the molecule is CCCCCC1CCC(CC(C)CCCC2CCC(OC3CCC(CCCC(C)CC4CCC(CCCCC)CC4)CC3)CC2)CC1. The fourth-order valence-corrected chi connectivity index (χ4v) is 11.1. The van der Waals surface area contributed by atoms with E-state index in [1.165, 1.54) is 205 Å². The van der Waals surface area contributed by atoms with Crippen molar-refractivity contribution in [2.45, 2.75) is 245 Å². The maximum absolute atomic E-state index is 6.75. The number of hydrogen-bond donors (Lipinski definition) is 0. The first kappa shape index (κ1) is 39.7. The van der Waals surface area contributed by atoms with E-state index < -0.39 is 0 Å². The van der Waals surface area contributed by atoms with Crippen LogP contribution in [-0.2, 0) is 4.74 Å². The van der Waals surface area contributed by atoms with Gasteiger partial charge in [0.05, 0.1) is 12.2 Å². The lowest BCUT2D eigenvalue weighted by atomic mass is 9.76. The lowest BCUT2D eigenvalue weighted by molar-refractivity contribution is -0.0573. The zero-order valence-electron chi connectivity index (χ0n) is 32.8. The van der Waals surface area contributed by atoms with Gasteiger partial charge in [0.25, 0.3) is 0 Å². The first-order valence-electron chi connectivity index (χ1n) is 22.7. The molecule has 1 heteroatoms. The molecule has 2 atom stereocenters. The van der Waals surface area contributed by atoms with Gasteiger partial charge in [0.15, 0.2) is 0 Å². The molecule has 4 aliphatic rings. The zero-order valence-corrected chi connectivity index (χ0v) is 32.8. The Morgan fingerprint density at radius 1 is 0.383 bits per heavy atom. The Morgan fingerprint density at radius 2 is 0.681 bits per heavy atom. The molecule has 0 radical (unpaired) electrons. The average Bonchev–Trinajstić information content (AvgIpc) is 3.08. The Morgan fingerprint density at radius 3 is 1.02 bits per heavy atom. The van der Waals surface area contributed by atoms with Crippen molar-refractivity contribution < 1.29 is 4.74 Å². The number of unbranched alkanes of at least 4 members (excludes halogenated alkanes) is 4. The minimum absolute atomic E-state index is 0.580. The van der Waals surface area contributed by atoms with Gasteiger partial charge in [-0.25, -0.2) is 0 Å². The fraction of sp³-hybridized carbons (Fsp3) is 1.00. The lowest BCUT2D eigenvalue weighted by Gasteiger charge is -2.35. The summed E-state index contributed by atoms with van der Waals surface area (Å²) in [6.45, 7) is 9.81. The second-order valence-electron chi connectivity index (χ2n) is 18.7. The van der Waals surface area contributed by atoms with Gasteiger partial charge in [-0.15, -0.1) is 0 Å². The van der Waals surface area contributed by atoms with Gasteiger partial charge in [0.2, 0.25) is 0 Å². The summed E-state index contributed by atoms with van der Waals surface area (Å²) in [5.74, 6) is 8.10. The smallest absolute Gasteiger partial charge is 0.0579 e. The highest BCUT2D eigenvalue weighted by molar-refractivity contribution is 4.80. The van der Waals surface area contributed by atoms with Gasteiger partial charge in [-0.05, 0) is 112 Å².